The highest BCUT2D eigenvalue weighted by Gasteiger charge is 1.95. The highest BCUT2D eigenvalue weighted by molar-refractivity contribution is 7.80. The van der Waals surface area contributed by atoms with E-state index in [2.05, 4.69) is 44.9 Å². The second-order valence-electron chi connectivity index (χ2n) is 2.13. The monoisotopic (exact) mass is 267 g/mol. The first-order chi connectivity index (χ1) is 6.99. The standard InChI is InChI=1S/C4H8O2.C3H2ClN3S2/c1-3-4(5)6-2;4-1-5-2(8)7-3(9)6-1/h3H2,1-2H3;(H2,5,6,7,8,9). The highest BCUT2D eigenvalue weighted by Crippen LogP contribution is 2.06. The number of thiol groups is 2. The summed E-state index contributed by atoms with van der Waals surface area (Å²) in [5, 5.41) is 0.667. The molecule has 0 bridgehead atoms. The molecule has 1 aromatic rings. The Labute approximate surface area is 103 Å². The molecule has 0 amide bonds. The van der Waals surface area contributed by atoms with Crippen LogP contribution in [0.1, 0.15) is 13.3 Å². The molecule has 1 aromatic heterocycles. The molecule has 1 heterocycles. The van der Waals surface area contributed by atoms with Crippen LogP contribution in [0.3, 0.4) is 0 Å². The molecule has 0 spiro atoms. The Hall–Kier alpha value is -0.530. The van der Waals surface area contributed by atoms with Crippen LogP contribution in [-0.4, -0.2) is 28.0 Å². The molecule has 84 valence electrons. The molecule has 0 aromatic carbocycles. The van der Waals surface area contributed by atoms with Crippen LogP contribution >= 0.6 is 36.9 Å². The lowest BCUT2D eigenvalue weighted by molar-refractivity contribution is -0.140. The minimum absolute atomic E-state index is 0.111. The van der Waals surface area contributed by atoms with Crippen molar-refractivity contribution in [1.82, 2.24) is 15.0 Å². The molecular formula is C7H10ClN3O2S2. The minimum atomic E-state index is -0.157. The number of aromatic nitrogens is 3. The van der Waals surface area contributed by atoms with E-state index in [1.165, 1.54) is 7.11 Å². The molecule has 0 saturated heterocycles. The summed E-state index contributed by atoms with van der Waals surface area (Å²) in [5.74, 6) is -0.157. The van der Waals surface area contributed by atoms with Gasteiger partial charge in [0.25, 0.3) is 0 Å². The summed E-state index contributed by atoms with van der Waals surface area (Å²) in [4.78, 5) is 20.8. The molecule has 1 rings (SSSR count). The van der Waals surface area contributed by atoms with Crippen molar-refractivity contribution in [2.24, 2.45) is 0 Å². The van der Waals surface area contributed by atoms with Gasteiger partial charge in [0, 0.05) is 6.42 Å². The third kappa shape index (κ3) is 7.40. The SMILES string of the molecule is CCC(=O)OC.Sc1nc(S)nc(Cl)n1. The Morgan fingerprint density at radius 1 is 1.33 bits per heavy atom. The van der Waals surface area contributed by atoms with Crippen molar-refractivity contribution in [2.75, 3.05) is 7.11 Å². The predicted molar refractivity (Wildman–Crippen MR) is 61.6 cm³/mol. The number of carbonyl (C=O) groups is 1. The maximum Gasteiger partial charge on any atom is 0.305 e. The summed E-state index contributed by atoms with van der Waals surface area (Å²) in [6.45, 7) is 1.76. The van der Waals surface area contributed by atoms with Gasteiger partial charge in [-0.2, -0.15) is 15.0 Å². The Morgan fingerprint density at radius 3 is 2.00 bits per heavy atom. The van der Waals surface area contributed by atoms with Gasteiger partial charge in [-0.25, -0.2) is 0 Å². The number of hydrogen-bond donors (Lipinski definition) is 2. The lowest BCUT2D eigenvalue weighted by atomic mass is 10.5. The molecule has 0 N–H and O–H groups in total. The second-order valence-corrected chi connectivity index (χ2v) is 3.27. The van der Waals surface area contributed by atoms with Crippen molar-refractivity contribution < 1.29 is 9.53 Å². The Kier molecular flexibility index (Phi) is 7.45. The van der Waals surface area contributed by atoms with Gasteiger partial charge in [-0.1, -0.05) is 6.92 Å². The summed E-state index contributed by atoms with van der Waals surface area (Å²) in [5.41, 5.74) is 0. The van der Waals surface area contributed by atoms with Crippen LogP contribution in [0.15, 0.2) is 10.3 Å². The van der Waals surface area contributed by atoms with E-state index in [9.17, 15) is 4.79 Å². The van der Waals surface area contributed by atoms with Gasteiger partial charge in [0.1, 0.15) is 0 Å². The van der Waals surface area contributed by atoms with Crippen LogP contribution in [-0.2, 0) is 9.53 Å². The Bertz CT molecular complexity index is 282. The van der Waals surface area contributed by atoms with Crippen molar-refractivity contribution in [3.63, 3.8) is 0 Å². The number of nitrogens with zero attached hydrogens (tertiary/aromatic N) is 3. The van der Waals surface area contributed by atoms with Gasteiger partial charge < -0.3 is 4.74 Å². The van der Waals surface area contributed by atoms with E-state index in [1.54, 1.807) is 6.92 Å². The van der Waals surface area contributed by atoms with Crippen LogP contribution in [0.2, 0.25) is 5.28 Å². The third-order valence-corrected chi connectivity index (χ3v) is 1.67. The number of halogens is 1. The van der Waals surface area contributed by atoms with Gasteiger partial charge >= 0.3 is 5.97 Å². The smallest absolute Gasteiger partial charge is 0.305 e. The van der Waals surface area contributed by atoms with Gasteiger partial charge in [-0.3, -0.25) is 4.79 Å². The number of ether oxygens (including phenoxy) is 1. The zero-order valence-electron chi connectivity index (χ0n) is 8.14. The van der Waals surface area contributed by atoms with E-state index in [1.807, 2.05) is 0 Å². The average molecular weight is 268 g/mol. The summed E-state index contributed by atoms with van der Waals surface area (Å²) in [6, 6.07) is 0. The predicted octanol–water partition coefficient (Wildman–Crippen LogP) is 1.67. The fraction of sp³-hybridized carbons (Fsp3) is 0.429. The van der Waals surface area contributed by atoms with E-state index < -0.39 is 0 Å². The average Bonchev–Trinajstić information content (AvgIpc) is 2.15. The third-order valence-electron chi connectivity index (χ3n) is 1.10. The van der Waals surface area contributed by atoms with Crippen LogP contribution in [0.4, 0.5) is 0 Å². The molecule has 0 atom stereocenters. The Balaban J connectivity index is 0.000000288. The molecule has 0 unspecified atom stereocenters. The molecule has 8 heteroatoms. The molecule has 0 aliphatic heterocycles. The van der Waals surface area contributed by atoms with E-state index in [4.69, 9.17) is 11.6 Å². The van der Waals surface area contributed by atoms with E-state index >= 15 is 0 Å². The first-order valence-corrected chi connectivity index (χ1v) is 5.13. The summed E-state index contributed by atoms with van der Waals surface area (Å²) >= 11 is 13.0. The molecule has 0 fully saturated rings. The van der Waals surface area contributed by atoms with Gasteiger partial charge in [0.05, 0.1) is 7.11 Å². The number of rotatable bonds is 1. The van der Waals surface area contributed by atoms with E-state index in [0.717, 1.165) is 0 Å². The van der Waals surface area contributed by atoms with Crippen molar-refractivity contribution in [3.05, 3.63) is 5.28 Å². The zero-order valence-corrected chi connectivity index (χ0v) is 10.7. The molecule has 0 saturated carbocycles. The number of carbonyl (C=O) groups excluding carboxylic acids is 1. The van der Waals surface area contributed by atoms with Crippen molar-refractivity contribution in [1.29, 1.82) is 0 Å². The van der Waals surface area contributed by atoms with E-state index in [0.29, 0.717) is 6.42 Å². The lowest BCUT2D eigenvalue weighted by Gasteiger charge is -1.90. The number of esters is 1. The quantitative estimate of drug-likeness (QED) is 0.599. The number of hydrogen-bond acceptors (Lipinski definition) is 7. The summed E-state index contributed by atoms with van der Waals surface area (Å²) < 4.78 is 4.26. The first kappa shape index (κ1) is 14.5. The highest BCUT2D eigenvalue weighted by atomic mass is 35.5. The molecular weight excluding hydrogens is 258 g/mol. The minimum Gasteiger partial charge on any atom is -0.469 e. The van der Waals surface area contributed by atoms with Crippen LogP contribution in [0.25, 0.3) is 0 Å². The maximum atomic E-state index is 9.96. The lowest BCUT2D eigenvalue weighted by Crippen LogP contribution is -1.94. The second kappa shape index (κ2) is 7.72. The Morgan fingerprint density at radius 2 is 1.80 bits per heavy atom. The summed E-state index contributed by atoms with van der Waals surface area (Å²) in [6.07, 6.45) is 0.469. The van der Waals surface area contributed by atoms with Crippen molar-refractivity contribution in [3.8, 4) is 0 Å². The molecule has 0 radical (unpaired) electrons. The number of methoxy groups -OCH3 is 1. The summed E-state index contributed by atoms with van der Waals surface area (Å²) in [7, 11) is 1.38. The van der Waals surface area contributed by atoms with Gasteiger partial charge in [0.2, 0.25) is 5.28 Å². The molecule has 0 aliphatic carbocycles. The van der Waals surface area contributed by atoms with Crippen LogP contribution < -0.4 is 0 Å². The van der Waals surface area contributed by atoms with E-state index in [-0.39, 0.29) is 21.6 Å². The van der Waals surface area contributed by atoms with Gasteiger partial charge in [0.15, 0.2) is 10.3 Å². The normalized spacial score (nSPS) is 8.87. The maximum absolute atomic E-state index is 9.96. The molecule has 0 aliphatic rings. The van der Waals surface area contributed by atoms with Gasteiger partial charge in [-0.15, -0.1) is 25.3 Å². The fourth-order valence-corrected chi connectivity index (χ4v) is 1.21. The van der Waals surface area contributed by atoms with Crippen molar-refractivity contribution in [2.45, 2.75) is 23.7 Å². The van der Waals surface area contributed by atoms with Crippen molar-refractivity contribution >= 4 is 42.8 Å². The topological polar surface area (TPSA) is 65.0 Å². The zero-order chi connectivity index (χ0) is 11.8. The molecule has 5 nitrogen and oxygen atoms in total. The van der Waals surface area contributed by atoms with Crippen LogP contribution in [0, 0.1) is 0 Å². The van der Waals surface area contributed by atoms with Gasteiger partial charge in [-0.05, 0) is 11.6 Å². The largest absolute Gasteiger partial charge is 0.469 e. The fourth-order valence-electron chi connectivity index (χ4n) is 0.474. The first-order valence-electron chi connectivity index (χ1n) is 3.85. The molecule has 15 heavy (non-hydrogen) atoms. The van der Waals surface area contributed by atoms with Crippen LogP contribution in [0.5, 0.6) is 0 Å².